The van der Waals surface area contributed by atoms with E-state index in [0.717, 1.165) is 6.08 Å². The minimum Gasteiger partial charge on any atom is -0.208 e. The van der Waals surface area contributed by atoms with Gasteiger partial charge >= 0.3 is 0 Å². The Morgan fingerprint density at radius 3 is 2.00 bits per heavy atom. The van der Waals surface area contributed by atoms with Crippen molar-refractivity contribution in [1.82, 2.24) is 0 Å². The predicted octanol–water partition coefficient (Wildman–Crippen LogP) is 1.71. The number of hydrogen-bond acceptors (Lipinski definition) is 0. The first-order chi connectivity index (χ1) is 3.63. The molecule has 0 heterocycles. The fraction of sp³-hybridized carbons (Fsp3) is 0. The molecule has 0 amide bonds. The second-order valence-corrected chi connectivity index (χ2v) is 1.36. The molecular formula is C6H6BF. The molecule has 0 fully saturated rings. The van der Waals surface area contributed by atoms with Gasteiger partial charge in [0.25, 0.3) is 0 Å². The Labute approximate surface area is 49.8 Å². The molecule has 0 aromatic carbocycles. The van der Waals surface area contributed by atoms with E-state index in [0.29, 0.717) is 5.47 Å². The fourth-order valence-electron chi connectivity index (χ4n) is 0.197. The van der Waals surface area contributed by atoms with Crippen LogP contribution in [0.25, 0.3) is 0 Å². The molecule has 0 aliphatic heterocycles. The Morgan fingerprint density at radius 1 is 1.38 bits per heavy atom. The van der Waals surface area contributed by atoms with E-state index in [4.69, 9.17) is 7.85 Å². The van der Waals surface area contributed by atoms with E-state index in [1.807, 2.05) is 0 Å². The van der Waals surface area contributed by atoms with E-state index in [1.54, 1.807) is 0 Å². The zero-order chi connectivity index (χ0) is 6.57. The van der Waals surface area contributed by atoms with Crippen LogP contribution in [0.5, 0.6) is 0 Å². The van der Waals surface area contributed by atoms with Crippen molar-refractivity contribution in [2.75, 3.05) is 0 Å². The molecule has 0 saturated carbocycles. The van der Waals surface area contributed by atoms with Crippen molar-refractivity contribution in [2.24, 2.45) is 0 Å². The third-order valence-electron chi connectivity index (χ3n) is 0.478. The van der Waals surface area contributed by atoms with Gasteiger partial charge in [0, 0.05) is 0 Å². The van der Waals surface area contributed by atoms with Crippen LogP contribution in [-0.4, -0.2) is 7.85 Å². The summed E-state index contributed by atoms with van der Waals surface area (Å²) in [5.41, 5.74) is 0.323. The SMILES string of the molecule is [B]C(=C)/C=C\C(=C)F. The van der Waals surface area contributed by atoms with Crippen LogP contribution >= 0.6 is 0 Å². The van der Waals surface area contributed by atoms with E-state index >= 15 is 0 Å². The van der Waals surface area contributed by atoms with Crippen molar-refractivity contribution < 1.29 is 4.39 Å². The van der Waals surface area contributed by atoms with Crippen molar-refractivity contribution >= 4 is 7.85 Å². The summed E-state index contributed by atoms with van der Waals surface area (Å²) in [6.45, 7) is 6.29. The smallest absolute Gasteiger partial charge is 0.116 e. The molecule has 0 bridgehead atoms. The maximum atomic E-state index is 11.7. The van der Waals surface area contributed by atoms with Crippen LogP contribution in [0.15, 0.2) is 36.6 Å². The lowest BCUT2D eigenvalue weighted by Crippen LogP contribution is -1.67. The molecule has 2 radical (unpaired) electrons. The van der Waals surface area contributed by atoms with Gasteiger partial charge in [-0.25, -0.2) is 4.39 Å². The van der Waals surface area contributed by atoms with Crippen LogP contribution in [0.2, 0.25) is 0 Å². The topological polar surface area (TPSA) is 0 Å². The molecule has 0 nitrogen and oxygen atoms in total. The summed E-state index contributed by atoms with van der Waals surface area (Å²) in [6, 6.07) is 0. The summed E-state index contributed by atoms with van der Waals surface area (Å²) in [6.07, 6.45) is 2.50. The fourth-order valence-corrected chi connectivity index (χ4v) is 0.197. The van der Waals surface area contributed by atoms with Crippen LogP contribution in [-0.2, 0) is 0 Å². The average Bonchev–Trinajstić information content (AvgIpc) is 1.61. The average molecular weight is 108 g/mol. The molecule has 0 aliphatic rings. The van der Waals surface area contributed by atoms with Crippen molar-refractivity contribution in [3.05, 3.63) is 36.6 Å². The van der Waals surface area contributed by atoms with E-state index in [1.165, 1.54) is 6.08 Å². The Morgan fingerprint density at radius 2 is 1.88 bits per heavy atom. The van der Waals surface area contributed by atoms with Crippen LogP contribution in [0.1, 0.15) is 0 Å². The van der Waals surface area contributed by atoms with Gasteiger partial charge in [-0.3, -0.25) is 0 Å². The molecule has 0 spiro atoms. The number of rotatable bonds is 2. The maximum Gasteiger partial charge on any atom is 0.116 e. The van der Waals surface area contributed by atoms with Crippen molar-refractivity contribution in [2.45, 2.75) is 0 Å². The third-order valence-corrected chi connectivity index (χ3v) is 0.478. The van der Waals surface area contributed by atoms with Crippen molar-refractivity contribution in [3.8, 4) is 0 Å². The van der Waals surface area contributed by atoms with Crippen molar-refractivity contribution in [3.63, 3.8) is 0 Å². The van der Waals surface area contributed by atoms with Crippen LogP contribution < -0.4 is 0 Å². The molecule has 0 unspecified atom stereocenters. The highest BCUT2D eigenvalue weighted by Gasteiger charge is 1.76. The Kier molecular flexibility index (Phi) is 2.93. The monoisotopic (exact) mass is 108 g/mol. The lowest BCUT2D eigenvalue weighted by Gasteiger charge is -1.81. The molecule has 40 valence electrons. The highest BCUT2D eigenvalue weighted by atomic mass is 19.1. The Bertz CT molecular complexity index is 119. The molecule has 0 aromatic heterocycles. The van der Waals surface area contributed by atoms with E-state index in [-0.39, 0.29) is 0 Å². The molecule has 0 atom stereocenters. The van der Waals surface area contributed by atoms with Gasteiger partial charge in [0.15, 0.2) is 0 Å². The Hall–Kier alpha value is -0.785. The predicted molar refractivity (Wildman–Crippen MR) is 34.3 cm³/mol. The first-order valence-electron chi connectivity index (χ1n) is 2.10. The largest absolute Gasteiger partial charge is 0.208 e. The van der Waals surface area contributed by atoms with Gasteiger partial charge in [-0.15, -0.1) is 12.1 Å². The van der Waals surface area contributed by atoms with Gasteiger partial charge in [0.05, 0.1) is 0 Å². The first-order valence-corrected chi connectivity index (χ1v) is 2.10. The minimum atomic E-state index is -0.517. The van der Waals surface area contributed by atoms with Gasteiger partial charge in [0.2, 0.25) is 0 Å². The van der Waals surface area contributed by atoms with Gasteiger partial charge in [0.1, 0.15) is 13.7 Å². The third kappa shape index (κ3) is 5.21. The summed E-state index contributed by atoms with van der Waals surface area (Å²) in [5.74, 6) is -0.517. The highest BCUT2D eigenvalue weighted by Crippen LogP contribution is 1.94. The highest BCUT2D eigenvalue weighted by molar-refractivity contribution is 6.23. The zero-order valence-corrected chi connectivity index (χ0v) is 4.52. The first kappa shape index (κ1) is 7.21. The standard InChI is InChI=1S/C6H6BF/c1-5(7)3-4-6(2)8/h3-4H,1-2H2/b4-3-. The van der Waals surface area contributed by atoms with Gasteiger partial charge in [-0.05, 0) is 6.08 Å². The van der Waals surface area contributed by atoms with E-state index < -0.39 is 5.83 Å². The van der Waals surface area contributed by atoms with E-state index in [2.05, 4.69) is 13.2 Å². The minimum absolute atomic E-state index is 0.323. The second-order valence-electron chi connectivity index (χ2n) is 1.36. The molecular weight excluding hydrogens is 102 g/mol. The molecule has 0 N–H and O–H groups in total. The quantitative estimate of drug-likeness (QED) is 0.373. The summed E-state index contributed by atoms with van der Waals surface area (Å²) in [5, 5.41) is 0. The summed E-state index contributed by atoms with van der Waals surface area (Å²) in [4.78, 5) is 0. The number of hydrogen-bond donors (Lipinski definition) is 0. The number of halogens is 1. The normalized spacial score (nSPS) is 9.62. The molecule has 0 saturated heterocycles. The van der Waals surface area contributed by atoms with Crippen LogP contribution in [0.3, 0.4) is 0 Å². The Balaban J connectivity index is 3.67. The number of allylic oxidation sites excluding steroid dienone is 4. The van der Waals surface area contributed by atoms with Gasteiger partial charge in [-0.1, -0.05) is 12.7 Å². The van der Waals surface area contributed by atoms with Crippen LogP contribution in [0.4, 0.5) is 4.39 Å². The summed E-state index contributed by atoms with van der Waals surface area (Å²) < 4.78 is 11.7. The lowest BCUT2D eigenvalue weighted by atomic mass is 9.98. The van der Waals surface area contributed by atoms with Crippen LogP contribution in [0, 0.1) is 0 Å². The molecule has 0 aliphatic carbocycles. The zero-order valence-electron chi connectivity index (χ0n) is 4.52. The second kappa shape index (κ2) is 3.25. The molecule has 0 aromatic rings. The molecule has 8 heavy (non-hydrogen) atoms. The lowest BCUT2D eigenvalue weighted by molar-refractivity contribution is 0.671. The molecule has 2 heteroatoms. The van der Waals surface area contributed by atoms with Gasteiger partial charge < -0.3 is 0 Å². The van der Waals surface area contributed by atoms with Crippen molar-refractivity contribution in [1.29, 1.82) is 0 Å². The summed E-state index contributed by atoms with van der Waals surface area (Å²) >= 11 is 0. The maximum absolute atomic E-state index is 11.7. The van der Waals surface area contributed by atoms with E-state index in [9.17, 15) is 4.39 Å². The summed E-state index contributed by atoms with van der Waals surface area (Å²) in [7, 11) is 5.05. The molecule has 0 rings (SSSR count). The van der Waals surface area contributed by atoms with Gasteiger partial charge in [-0.2, -0.15) is 0 Å².